The monoisotopic (exact) mass is 417 g/mol. The van der Waals surface area contributed by atoms with E-state index >= 15 is 0 Å². The lowest BCUT2D eigenvalue weighted by Gasteiger charge is -2.04. The minimum Gasteiger partial charge on any atom is -0.350 e. The van der Waals surface area contributed by atoms with E-state index in [9.17, 15) is 4.79 Å². The number of fused-ring (bicyclic) bond motifs is 1. The zero-order valence-electron chi connectivity index (χ0n) is 14.3. The summed E-state index contributed by atoms with van der Waals surface area (Å²) >= 11 is 3.42. The molecule has 1 heterocycles. The molecule has 1 aromatic heterocycles. The Morgan fingerprint density at radius 2 is 1.74 bits per heavy atom. The number of rotatable bonds is 4. The summed E-state index contributed by atoms with van der Waals surface area (Å²) in [5.41, 5.74) is 6.78. The molecule has 132 valence electrons. The van der Waals surface area contributed by atoms with Crippen LogP contribution in [0, 0.1) is 0 Å². The number of benzene rings is 3. The van der Waals surface area contributed by atoms with Crippen molar-refractivity contribution in [2.75, 3.05) is 0 Å². The number of nitrogens with one attached hydrogen (secondary N) is 2. The largest absolute Gasteiger partial charge is 0.350 e. The summed E-state index contributed by atoms with van der Waals surface area (Å²) < 4.78 is 0.958. The Balaban J connectivity index is 1.68. The second kappa shape index (κ2) is 7.60. The van der Waals surface area contributed by atoms with E-state index in [1.165, 1.54) is 0 Å². The molecule has 1 amide bonds. The first kappa shape index (κ1) is 17.2. The van der Waals surface area contributed by atoms with Gasteiger partial charge in [-0.2, -0.15) is 5.10 Å². The first-order chi connectivity index (χ1) is 13.2. The standard InChI is InChI=1S/C22H16BrN3O/c23-17-10-6-7-15(13-17)14-24-26-22(27)21-20(16-8-2-1-3-9-16)18-11-4-5-12-19(18)25-21/h1-14,25H,(H,26,27)/b24-14-. The van der Waals surface area contributed by atoms with Crippen molar-refractivity contribution in [2.45, 2.75) is 0 Å². The number of nitrogens with zero attached hydrogens (tertiary/aromatic N) is 1. The predicted molar refractivity (Wildman–Crippen MR) is 113 cm³/mol. The molecule has 4 nitrogen and oxygen atoms in total. The van der Waals surface area contributed by atoms with Gasteiger partial charge in [0.2, 0.25) is 0 Å². The summed E-state index contributed by atoms with van der Waals surface area (Å²) in [6.07, 6.45) is 1.62. The Labute approximate surface area is 165 Å². The molecule has 0 atom stereocenters. The molecule has 0 radical (unpaired) electrons. The van der Waals surface area contributed by atoms with E-state index in [2.05, 4.69) is 31.4 Å². The normalized spacial score (nSPS) is 11.1. The molecule has 2 N–H and O–H groups in total. The zero-order valence-corrected chi connectivity index (χ0v) is 15.9. The number of hydrogen-bond donors (Lipinski definition) is 2. The number of aromatic amines is 1. The highest BCUT2D eigenvalue weighted by molar-refractivity contribution is 9.10. The average Bonchev–Trinajstić information content (AvgIpc) is 3.08. The van der Waals surface area contributed by atoms with Gasteiger partial charge in [-0.15, -0.1) is 0 Å². The lowest BCUT2D eigenvalue weighted by Crippen LogP contribution is -2.18. The summed E-state index contributed by atoms with van der Waals surface area (Å²) in [5, 5.41) is 5.10. The van der Waals surface area contributed by atoms with Gasteiger partial charge in [0.25, 0.3) is 5.91 Å². The lowest BCUT2D eigenvalue weighted by atomic mass is 10.0. The first-order valence-corrected chi connectivity index (χ1v) is 9.27. The summed E-state index contributed by atoms with van der Waals surface area (Å²) in [4.78, 5) is 16.0. The van der Waals surface area contributed by atoms with Crippen LogP contribution < -0.4 is 5.43 Å². The molecular weight excluding hydrogens is 402 g/mol. The first-order valence-electron chi connectivity index (χ1n) is 8.47. The van der Waals surface area contributed by atoms with Crippen LogP contribution in [0.1, 0.15) is 16.1 Å². The van der Waals surface area contributed by atoms with E-state index in [0.717, 1.165) is 32.1 Å². The molecule has 27 heavy (non-hydrogen) atoms. The van der Waals surface area contributed by atoms with Crippen LogP contribution in [0.2, 0.25) is 0 Å². The lowest BCUT2D eigenvalue weighted by molar-refractivity contribution is 0.0951. The highest BCUT2D eigenvalue weighted by Gasteiger charge is 2.18. The van der Waals surface area contributed by atoms with Gasteiger partial charge in [0.05, 0.1) is 6.21 Å². The maximum absolute atomic E-state index is 12.8. The molecule has 0 aliphatic rings. The Kier molecular flexibility index (Phi) is 4.85. The molecule has 0 aliphatic carbocycles. The molecule has 4 rings (SSSR count). The fourth-order valence-corrected chi connectivity index (χ4v) is 3.44. The summed E-state index contributed by atoms with van der Waals surface area (Å²) in [7, 11) is 0. The van der Waals surface area contributed by atoms with Crippen LogP contribution in [-0.2, 0) is 0 Å². The molecule has 0 unspecified atom stereocenters. The van der Waals surface area contributed by atoms with Crippen molar-refractivity contribution in [3.05, 3.63) is 94.6 Å². The van der Waals surface area contributed by atoms with Gasteiger partial charge in [0.1, 0.15) is 5.69 Å². The number of amides is 1. The van der Waals surface area contributed by atoms with Gasteiger partial charge in [0.15, 0.2) is 0 Å². The second-order valence-corrected chi connectivity index (χ2v) is 6.96. The second-order valence-electron chi connectivity index (χ2n) is 6.04. The third-order valence-corrected chi connectivity index (χ3v) is 4.72. The Hall–Kier alpha value is -3.18. The van der Waals surface area contributed by atoms with Crippen LogP contribution in [0.15, 0.2) is 88.4 Å². The molecular formula is C22H16BrN3O. The number of H-pyrrole nitrogens is 1. The van der Waals surface area contributed by atoms with Crippen LogP contribution >= 0.6 is 15.9 Å². The number of hydrazone groups is 1. The van der Waals surface area contributed by atoms with Crippen molar-refractivity contribution >= 4 is 39.0 Å². The molecule has 4 aromatic rings. The van der Waals surface area contributed by atoms with E-state index in [-0.39, 0.29) is 5.91 Å². The minimum absolute atomic E-state index is 0.281. The van der Waals surface area contributed by atoms with E-state index in [4.69, 9.17) is 0 Å². The number of para-hydroxylation sites is 1. The number of aromatic nitrogens is 1. The Bertz CT molecular complexity index is 1130. The highest BCUT2D eigenvalue weighted by Crippen LogP contribution is 2.32. The van der Waals surface area contributed by atoms with Crippen LogP contribution in [0.4, 0.5) is 0 Å². The molecule has 0 aliphatic heterocycles. The van der Waals surface area contributed by atoms with Crippen LogP contribution in [0.25, 0.3) is 22.0 Å². The van der Waals surface area contributed by atoms with Gasteiger partial charge in [0, 0.05) is 20.9 Å². The van der Waals surface area contributed by atoms with Crippen molar-refractivity contribution in [1.82, 2.24) is 10.4 Å². The number of halogens is 1. The van der Waals surface area contributed by atoms with E-state index < -0.39 is 0 Å². The minimum atomic E-state index is -0.281. The topological polar surface area (TPSA) is 57.2 Å². The molecule has 0 fully saturated rings. The van der Waals surface area contributed by atoms with Crippen molar-refractivity contribution in [1.29, 1.82) is 0 Å². The Morgan fingerprint density at radius 1 is 0.963 bits per heavy atom. The Morgan fingerprint density at radius 3 is 2.56 bits per heavy atom. The van der Waals surface area contributed by atoms with E-state index in [1.807, 2.05) is 78.9 Å². The molecule has 0 bridgehead atoms. The van der Waals surface area contributed by atoms with Crippen LogP contribution in [0.3, 0.4) is 0 Å². The maximum Gasteiger partial charge on any atom is 0.288 e. The van der Waals surface area contributed by atoms with Gasteiger partial charge in [-0.3, -0.25) is 4.79 Å². The average molecular weight is 418 g/mol. The quantitative estimate of drug-likeness (QED) is 0.340. The molecule has 0 saturated heterocycles. The smallest absolute Gasteiger partial charge is 0.288 e. The highest BCUT2D eigenvalue weighted by atomic mass is 79.9. The third kappa shape index (κ3) is 3.68. The van der Waals surface area contributed by atoms with E-state index in [1.54, 1.807) is 6.21 Å². The summed E-state index contributed by atoms with van der Waals surface area (Å²) in [6.45, 7) is 0. The third-order valence-electron chi connectivity index (χ3n) is 4.22. The number of hydrogen-bond acceptors (Lipinski definition) is 2. The fourth-order valence-electron chi connectivity index (χ4n) is 3.03. The zero-order chi connectivity index (χ0) is 18.6. The molecule has 5 heteroatoms. The number of carbonyl (C=O) groups excluding carboxylic acids is 1. The molecule has 3 aromatic carbocycles. The van der Waals surface area contributed by atoms with Gasteiger partial charge >= 0.3 is 0 Å². The van der Waals surface area contributed by atoms with Crippen LogP contribution in [-0.4, -0.2) is 17.1 Å². The summed E-state index contributed by atoms with van der Waals surface area (Å²) in [6, 6.07) is 25.5. The van der Waals surface area contributed by atoms with Crippen molar-refractivity contribution < 1.29 is 4.79 Å². The summed E-state index contributed by atoms with van der Waals surface area (Å²) in [5.74, 6) is -0.281. The van der Waals surface area contributed by atoms with Gasteiger partial charge < -0.3 is 4.98 Å². The predicted octanol–water partition coefficient (Wildman–Crippen LogP) is 5.36. The van der Waals surface area contributed by atoms with Gasteiger partial charge in [-0.25, -0.2) is 5.43 Å². The molecule has 0 saturated carbocycles. The fraction of sp³-hybridized carbons (Fsp3) is 0. The van der Waals surface area contributed by atoms with Gasteiger partial charge in [-0.05, 0) is 29.3 Å². The number of carbonyl (C=O) groups is 1. The van der Waals surface area contributed by atoms with E-state index in [0.29, 0.717) is 5.69 Å². The van der Waals surface area contributed by atoms with Crippen molar-refractivity contribution in [2.24, 2.45) is 5.10 Å². The molecule has 0 spiro atoms. The van der Waals surface area contributed by atoms with Crippen molar-refractivity contribution in [3.63, 3.8) is 0 Å². The maximum atomic E-state index is 12.8. The van der Waals surface area contributed by atoms with Crippen LogP contribution in [0.5, 0.6) is 0 Å². The SMILES string of the molecule is O=C(N/N=C\c1cccc(Br)c1)c1[nH]c2ccccc2c1-c1ccccc1. The van der Waals surface area contributed by atoms with Gasteiger partial charge in [-0.1, -0.05) is 76.6 Å². The van der Waals surface area contributed by atoms with Crippen molar-refractivity contribution in [3.8, 4) is 11.1 Å².